The summed E-state index contributed by atoms with van der Waals surface area (Å²) in [5.74, 6) is -0.231. The number of anilines is 4. The molecular formula is C30H38N5O3+. The standard InChI is InChI=1S/C30H37N5O3/c1-20(21(2)31-3)29(37)33-25-10-6-23(7-11-25)32-24-8-12-26(13-9-24)34-30(38)22-4-14-27(15-5-22)35-18-16-28(36)17-19-35/h4-14,27-28,31-32,36H,15-19H2,1-3H3,(H,33,37)(H,34,38)/p+1. The van der Waals surface area contributed by atoms with Gasteiger partial charge in [-0.2, -0.15) is 0 Å². The molecule has 2 aromatic rings. The topological polar surface area (TPSA) is 110 Å². The number of carbonyl (C=O) groups is 2. The molecule has 0 aromatic heterocycles. The fraction of sp³-hybridized carbons (Fsp3) is 0.333. The Morgan fingerprint density at radius 3 is 1.97 bits per heavy atom. The average molecular weight is 517 g/mol. The van der Waals surface area contributed by atoms with Gasteiger partial charge in [0.05, 0.1) is 18.7 Å². The zero-order valence-electron chi connectivity index (χ0n) is 22.3. The lowest BCUT2D eigenvalue weighted by atomic mass is 9.98. The van der Waals surface area contributed by atoms with Crippen LogP contribution in [0, 0.1) is 0 Å². The van der Waals surface area contributed by atoms with Gasteiger partial charge in [-0.05, 0) is 74.7 Å². The molecule has 1 saturated heterocycles. The fourth-order valence-corrected chi connectivity index (χ4v) is 4.53. The summed E-state index contributed by atoms with van der Waals surface area (Å²) >= 11 is 0. The van der Waals surface area contributed by atoms with Crippen molar-refractivity contribution in [3.63, 3.8) is 0 Å². The Morgan fingerprint density at radius 2 is 1.45 bits per heavy atom. The molecule has 2 aromatic carbocycles. The highest BCUT2D eigenvalue weighted by Crippen LogP contribution is 2.23. The molecule has 4 rings (SSSR count). The van der Waals surface area contributed by atoms with Gasteiger partial charge >= 0.3 is 0 Å². The van der Waals surface area contributed by atoms with E-state index >= 15 is 0 Å². The Hall–Kier alpha value is -3.72. The average Bonchev–Trinajstić information content (AvgIpc) is 2.94. The quantitative estimate of drug-likeness (QED) is 0.345. The molecule has 1 fully saturated rings. The van der Waals surface area contributed by atoms with Gasteiger partial charge in [0.1, 0.15) is 5.70 Å². The normalized spacial score (nSPS) is 18.8. The van der Waals surface area contributed by atoms with E-state index in [0.717, 1.165) is 60.8 Å². The summed E-state index contributed by atoms with van der Waals surface area (Å²) < 4.78 is 0. The molecular weight excluding hydrogens is 478 g/mol. The van der Waals surface area contributed by atoms with Gasteiger partial charge in [0.15, 0.2) is 0 Å². The Bertz CT molecular complexity index is 1220. The molecule has 38 heavy (non-hydrogen) atoms. The first-order chi connectivity index (χ1) is 18.3. The molecule has 0 radical (unpaired) electrons. The van der Waals surface area contributed by atoms with Crippen LogP contribution in [0.1, 0.15) is 33.1 Å². The number of hydrogen-bond acceptors (Lipinski definition) is 5. The summed E-state index contributed by atoms with van der Waals surface area (Å²) in [5.41, 5.74) is 5.55. The van der Waals surface area contributed by atoms with Gasteiger partial charge in [-0.1, -0.05) is 18.2 Å². The van der Waals surface area contributed by atoms with Gasteiger partial charge in [0.25, 0.3) is 11.8 Å². The Kier molecular flexibility index (Phi) is 9.12. The number of aliphatic hydroxyl groups excluding tert-OH is 1. The number of carbonyl (C=O) groups excluding carboxylic acids is 2. The van der Waals surface area contributed by atoms with Gasteiger partial charge in [0.2, 0.25) is 0 Å². The van der Waals surface area contributed by atoms with E-state index in [1.807, 2.05) is 86.9 Å². The van der Waals surface area contributed by atoms with Crippen molar-refractivity contribution in [1.29, 1.82) is 0 Å². The molecule has 200 valence electrons. The van der Waals surface area contributed by atoms with Crippen LogP contribution >= 0.6 is 0 Å². The van der Waals surface area contributed by atoms with Gasteiger partial charge in [0, 0.05) is 54.4 Å². The van der Waals surface area contributed by atoms with Gasteiger partial charge < -0.3 is 26.4 Å². The zero-order valence-corrected chi connectivity index (χ0v) is 22.3. The summed E-state index contributed by atoms with van der Waals surface area (Å²) in [7, 11) is 1.91. The summed E-state index contributed by atoms with van der Waals surface area (Å²) in [5, 5.41) is 20.9. The number of nitrogens with zero attached hydrogens (tertiary/aromatic N) is 1. The third-order valence-electron chi connectivity index (χ3n) is 7.25. The van der Waals surface area contributed by atoms with Crippen LogP contribution in [-0.2, 0) is 9.59 Å². The Labute approximate surface area is 224 Å². The number of amides is 2. The summed E-state index contributed by atoms with van der Waals surface area (Å²) in [6.45, 7) is 5.51. The molecule has 2 aliphatic rings. The number of likely N-dealkylation sites (tertiary alicyclic amines) is 1. The van der Waals surface area contributed by atoms with Crippen molar-refractivity contribution >= 4 is 34.6 Å². The molecule has 1 aliphatic carbocycles. The van der Waals surface area contributed by atoms with E-state index in [-0.39, 0.29) is 17.9 Å². The maximum absolute atomic E-state index is 12.7. The van der Waals surface area contributed by atoms with Crippen molar-refractivity contribution in [3.05, 3.63) is 83.6 Å². The lowest BCUT2D eigenvalue weighted by Gasteiger charge is -2.35. The fourth-order valence-electron chi connectivity index (χ4n) is 4.53. The highest BCUT2D eigenvalue weighted by molar-refractivity contribution is 6.06. The largest absolute Gasteiger partial charge is 0.393 e. The summed E-state index contributed by atoms with van der Waals surface area (Å²) in [6, 6.07) is 15.4. The summed E-state index contributed by atoms with van der Waals surface area (Å²) in [4.78, 5) is 27.5. The van der Waals surface area contributed by atoms with Crippen molar-refractivity contribution < 1.29 is 20.0 Å². The maximum Gasteiger partial charge on any atom is 0.256 e. The highest BCUT2D eigenvalue weighted by atomic mass is 16.3. The number of quaternary nitrogens is 1. The van der Waals surface area contributed by atoms with Crippen LogP contribution in [0.15, 0.2) is 83.6 Å². The monoisotopic (exact) mass is 516 g/mol. The van der Waals surface area contributed by atoms with Crippen molar-refractivity contribution in [1.82, 2.24) is 4.90 Å². The van der Waals surface area contributed by atoms with Crippen LogP contribution in [0.3, 0.4) is 0 Å². The van der Waals surface area contributed by atoms with Gasteiger partial charge in [-0.15, -0.1) is 0 Å². The molecule has 1 atom stereocenters. The molecule has 1 unspecified atom stereocenters. The number of allylic oxidation sites excluding steroid dienone is 1. The number of aliphatic hydroxyl groups is 1. The molecule has 0 saturated carbocycles. The predicted molar refractivity (Wildman–Crippen MR) is 152 cm³/mol. The van der Waals surface area contributed by atoms with Crippen molar-refractivity contribution in [2.45, 2.75) is 45.3 Å². The SMILES string of the molecule is C[NH2+]C(C)=C(C)C(=O)Nc1ccc(Nc2ccc(NC(=O)C3=CCC(N4CCC(O)CC4)C=C3)cc2)cc1. The van der Waals surface area contributed by atoms with Crippen LogP contribution in [0.5, 0.6) is 0 Å². The second-order valence-corrected chi connectivity index (χ2v) is 9.87. The second-order valence-electron chi connectivity index (χ2n) is 9.87. The van der Waals surface area contributed by atoms with E-state index in [1.165, 1.54) is 0 Å². The van der Waals surface area contributed by atoms with E-state index in [9.17, 15) is 14.7 Å². The van der Waals surface area contributed by atoms with E-state index in [4.69, 9.17) is 0 Å². The first kappa shape index (κ1) is 27.3. The second kappa shape index (κ2) is 12.7. The number of hydrogen-bond donors (Lipinski definition) is 5. The number of nitrogens with two attached hydrogens (primary N) is 1. The number of benzene rings is 2. The van der Waals surface area contributed by atoms with Crippen LogP contribution in [0.25, 0.3) is 0 Å². The van der Waals surface area contributed by atoms with Crippen LogP contribution < -0.4 is 21.3 Å². The van der Waals surface area contributed by atoms with Gasteiger partial charge in [-0.3, -0.25) is 14.5 Å². The third-order valence-corrected chi connectivity index (χ3v) is 7.25. The maximum atomic E-state index is 12.7. The zero-order chi connectivity index (χ0) is 27.1. The number of piperidine rings is 1. The molecule has 1 heterocycles. The van der Waals surface area contributed by atoms with Crippen molar-refractivity contribution in [2.24, 2.45) is 0 Å². The lowest BCUT2D eigenvalue weighted by Crippen LogP contribution is -2.77. The minimum atomic E-state index is -0.182. The predicted octanol–water partition coefficient (Wildman–Crippen LogP) is 3.51. The minimum Gasteiger partial charge on any atom is -0.393 e. The smallest absolute Gasteiger partial charge is 0.256 e. The van der Waals surface area contributed by atoms with Gasteiger partial charge in [-0.25, -0.2) is 0 Å². The van der Waals surface area contributed by atoms with Crippen molar-refractivity contribution in [3.8, 4) is 0 Å². The minimum absolute atomic E-state index is 0.110. The number of nitrogens with one attached hydrogen (secondary N) is 3. The van der Waals surface area contributed by atoms with Crippen LogP contribution in [0.2, 0.25) is 0 Å². The molecule has 8 nitrogen and oxygen atoms in total. The molecule has 0 spiro atoms. The Morgan fingerprint density at radius 1 is 0.895 bits per heavy atom. The highest BCUT2D eigenvalue weighted by Gasteiger charge is 2.24. The first-order valence-electron chi connectivity index (χ1n) is 13.2. The molecule has 8 heteroatoms. The molecule has 0 bridgehead atoms. The molecule has 1 aliphatic heterocycles. The van der Waals surface area contributed by atoms with E-state index in [1.54, 1.807) is 0 Å². The first-order valence-corrected chi connectivity index (χ1v) is 13.2. The van der Waals surface area contributed by atoms with E-state index < -0.39 is 0 Å². The third kappa shape index (κ3) is 7.19. The van der Waals surface area contributed by atoms with E-state index in [2.05, 4.69) is 26.9 Å². The molecule has 6 N–H and O–H groups in total. The number of rotatable bonds is 8. The van der Waals surface area contributed by atoms with Crippen molar-refractivity contribution in [2.75, 3.05) is 36.1 Å². The molecule has 2 amide bonds. The lowest BCUT2D eigenvalue weighted by molar-refractivity contribution is -0.576. The van der Waals surface area contributed by atoms with Crippen LogP contribution in [-0.4, -0.2) is 54.1 Å². The Balaban J connectivity index is 1.26. The van der Waals surface area contributed by atoms with Crippen LogP contribution in [0.4, 0.5) is 22.7 Å². The van der Waals surface area contributed by atoms with E-state index in [0.29, 0.717) is 17.2 Å². The summed E-state index contributed by atoms with van der Waals surface area (Å²) in [6.07, 6.45) is 8.23.